The standard InChI is InChI=1S/C20H19ClN4O3/c1-12-18(13(2)25(24-12)15-7-5-4-6-8-15)20(27)23-22-19(26)16-11-14(21)9-10-17(16)28-3/h4-11H,1-3H3,(H,22,26)(H,23,27). The second-order valence-corrected chi connectivity index (χ2v) is 6.48. The molecule has 0 aliphatic heterocycles. The number of carbonyl (C=O) groups excluding carboxylic acids is 2. The quantitative estimate of drug-likeness (QED) is 0.661. The summed E-state index contributed by atoms with van der Waals surface area (Å²) >= 11 is 5.95. The van der Waals surface area contributed by atoms with E-state index < -0.39 is 11.8 Å². The molecule has 2 aromatic carbocycles. The number of rotatable bonds is 4. The summed E-state index contributed by atoms with van der Waals surface area (Å²) in [6.45, 7) is 3.53. The van der Waals surface area contributed by atoms with Crippen LogP contribution in [0.1, 0.15) is 32.1 Å². The molecule has 3 aromatic rings. The molecule has 0 unspecified atom stereocenters. The van der Waals surface area contributed by atoms with Crippen LogP contribution in [-0.2, 0) is 0 Å². The van der Waals surface area contributed by atoms with Crippen LogP contribution in [-0.4, -0.2) is 28.7 Å². The van der Waals surface area contributed by atoms with Gasteiger partial charge >= 0.3 is 0 Å². The lowest BCUT2D eigenvalue weighted by molar-refractivity contribution is 0.0844. The van der Waals surface area contributed by atoms with Gasteiger partial charge in [0.25, 0.3) is 11.8 Å². The molecular formula is C20H19ClN4O3. The van der Waals surface area contributed by atoms with Crippen LogP contribution < -0.4 is 15.6 Å². The summed E-state index contributed by atoms with van der Waals surface area (Å²) in [6.07, 6.45) is 0. The fourth-order valence-corrected chi connectivity index (χ4v) is 3.07. The largest absolute Gasteiger partial charge is 0.496 e. The van der Waals surface area contributed by atoms with Crippen molar-refractivity contribution in [2.45, 2.75) is 13.8 Å². The van der Waals surface area contributed by atoms with Crippen molar-refractivity contribution in [1.29, 1.82) is 0 Å². The van der Waals surface area contributed by atoms with Crippen molar-refractivity contribution in [2.24, 2.45) is 0 Å². The highest BCUT2D eigenvalue weighted by Crippen LogP contribution is 2.22. The third-order valence-electron chi connectivity index (χ3n) is 4.21. The number of nitrogens with zero attached hydrogens (tertiary/aromatic N) is 2. The number of carbonyl (C=O) groups is 2. The third kappa shape index (κ3) is 3.84. The Balaban J connectivity index is 1.78. The number of benzene rings is 2. The number of para-hydroxylation sites is 1. The van der Waals surface area contributed by atoms with Crippen LogP contribution >= 0.6 is 11.6 Å². The minimum absolute atomic E-state index is 0.212. The molecular weight excluding hydrogens is 380 g/mol. The molecule has 28 heavy (non-hydrogen) atoms. The molecule has 0 bridgehead atoms. The first-order chi connectivity index (χ1) is 13.4. The number of amides is 2. The lowest BCUT2D eigenvalue weighted by atomic mass is 10.2. The fourth-order valence-electron chi connectivity index (χ4n) is 2.89. The van der Waals surface area contributed by atoms with E-state index in [4.69, 9.17) is 16.3 Å². The van der Waals surface area contributed by atoms with Crippen LogP contribution in [0.25, 0.3) is 5.69 Å². The molecule has 0 saturated carbocycles. The Morgan fingerprint density at radius 1 is 1.04 bits per heavy atom. The molecule has 7 nitrogen and oxygen atoms in total. The van der Waals surface area contributed by atoms with Crippen molar-refractivity contribution >= 4 is 23.4 Å². The zero-order valence-electron chi connectivity index (χ0n) is 15.6. The molecule has 2 N–H and O–H groups in total. The van der Waals surface area contributed by atoms with E-state index in [1.54, 1.807) is 30.7 Å². The maximum atomic E-state index is 12.7. The summed E-state index contributed by atoms with van der Waals surface area (Å²) in [6, 6.07) is 14.1. The van der Waals surface area contributed by atoms with Gasteiger partial charge < -0.3 is 4.74 Å². The van der Waals surface area contributed by atoms with Crippen molar-refractivity contribution in [2.75, 3.05) is 7.11 Å². The topological polar surface area (TPSA) is 85.2 Å². The average Bonchev–Trinajstić information content (AvgIpc) is 3.00. The van der Waals surface area contributed by atoms with Gasteiger partial charge in [0.05, 0.1) is 35.3 Å². The van der Waals surface area contributed by atoms with Crippen molar-refractivity contribution < 1.29 is 14.3 Å². The number of ether oxygens (including phenoxy) is 1. The van der Waals surface area contributed by atoms with Crippen molar-refractivity contribution in [3.05, 3.63) is 76.1 Å². The number of hydrogen-bond donors (Lipinski definition) is 2. The van der Waals surface area contributed by atoms with Crippen LogP contribution in [0, 0.1) is 13.8 Å². The second kappa shape index (κ2) is 8.14. The normalized spacial score (nSPS) is 10.4. The molecule has 0 spiro atoms. The van der Waals surface area contributed by atoms with E-state index in [1.807, 2.05) is 30.3 Å². The number of methoxy groups -OCH3 is 1. The number of nitrogens with one attached hydrogen (secondary N) is 2. The molecule has 0 radical (unpaired) electrons. The van der Waals surface area contributed by atoms with E-state index in [0.717, 1.165) is 5.69 Å². The van der Waals surface area contributed by atoms with Crippen LogP contribution in [0.5, 0.6) is 5.75 Å². The molecule has 0 atom stereocenters. The zero-order chi connectivity index (χ0) is 20.3. The second-order valence-electron chi connectivity index (χ2n) is 6.05. The highest BCUT2D eigenvalue weighted by Gasteiger charge is 2.21. The van der Waals surface area contributed by atoms with Crippen LogP contribution in [0.2, 0.25) is 5.02 Å². The van der Waals surface area contributed by atoms with Gasteiger partial charge in [-0.25, -0.2) is 4.68 Å². The Labute approximate surface area is 167 Å². The van der Waals surface area contributed by atoms with Crippen LogP contribution in [0.15, 0.2) is 48.5 Å². The highest BCUT2D eigenvalue weighted by molar-refractivity contribution is 6.31. The lowest BCUT2D eigenvalue weighted by Gasteiger charge is -2.11. The summed E-state index contributed by atoms with van der Waals surface area (Å²) in [7, 11) is 1.45. The molecule has 1 aromatic heterocycles. The van der Waals surface area contributed by atoms with E-state index in [1.165, 1.54) is 13.2 Å². The summed E-state index contributed by atoms with van der Waals surface area (Å²) < 4.78 is 6.84. The number of aryl methyl sites for hydroxylation is 1. The first kappa shape index (κ1) is 19.4. The van der Waals surface area contributed by atoms with Gasteiger partial charge in [0.2, 0.25) is 0 Å². The molecule has 1 heterocycles. The van der Waals surface area contributed by atoms with E-state index >= 15 is 0 Å². The first-order valence-electron chi connectivity index (χ1n) is 8.48. The molecule has 0 fully saturated rings. The minimum Gasteiger partial charge on any atom is -0.496 e. The van der Waals surface area contributed by atoms with Crippen molar-refractivity contribution in [3.63, 3.8) is 0 Å². The van der Waals surface area contributed by atoms with E-state index in [-0.39, 0.29) is 5.56 Å². The Kier molecular flexibility index (Phi) is 5.65. The van der Waals surface area contributed by atoms with Crippen molar-refractivity contribution in [1.82, 2.24) is 20.6 Å². The van der Waals surface area contributed by atoms with Gasteiger partial charge in [-0.1, -0.05) is 29.8 Å². The van der Waals surface area contributed by atoms with Gasteiger partial charge in [-0.2, -0.15) is 5.10 Å². The molecule has 3 rings (SSSR count). The number of aromatic nitrogens is 2. The molecule has 8 heteroatoms. The third-order valence-corrected chi connectivity index (χ3v) is 4.45. The smallest absolute Gasteiger partial charge is 0.273 e. The van der Waals surface area contributed by atoms with Gasteiger partial charge in [-0.15, -0.1) is 0 Å². The predicted molar refractivity (Wildman–Crippen MR) is 106 cm³/mol. The zero-order valence-corrected chi connectivity index (χ0v) is 16.4. The Bertz CT molecular complexity index is 1030. The fraction of sp³-hybridized carbons (Fsp3) is 0.150. The molecule has 0 saturated heterocycles. The maximum absolute atomic E-state index is 12.7. The van der Waals surface area contributed by atoms with Gasteiger partial charge in [0, 0.05) is 5.02 Å². The summed E-state index contributed by atoms with van der Waals surface area (Å²) in [5.74, 6) is -0.662. The summed E-state index contributed by atoms with van der Waals surface area (Å²) in [5, 5.41) is 4.81. The maximum Gasteiger partial charge on any atom is 0.273 e. The van der Waals surface area contributed by atoms with E-state index in [0.29, 0.717) is 27.7 Å². The molecule has 0 aliphatic rings. The van der Waals surface area contributed by atoms with Crippen LogP contribution in [0.3, 0.4) is 0 Å². The minimum atomic E-state index is -0.543. The molecule has 144 valence electrons. The number of halogens is 1. The average molecular weight is 399 g/mol. The van der Waals surface area contributed by atoms with Gasteiger partial charge in [0.15, 0.2) is 0 Å². The van der Waals surface area contributed by atoms with E-state index in [2.05, 4.69) is 16.0 Å². The van der Waals surface area contributed by atoms with Gasteiger partial charge in [-0.3, -0.25) is 20.4 Å². The monoisotopic (exact) mass is 398 g/mol. The van der Waals surface area contributed by atoms with E-state index in [9.17, 15) is 9.59 Å². The SMILES string of the molecule is COc1ccc(Cl)cc1C(=O)NNC(=O)c1c(C)nn(-c2ccccc2)c1C. The predicted octanol–water partition coefficient (Wildman–Crippen LogP) is 3.23. The number of hydrazine groups is 1. The number of hydrogen-bond acceptors (Lipinski definition) is 4. The Morgan fingerprint density at radius 2 is 1.71 bits per heavy atom. The highest BCUT2D eigenvalue weighted by atomic mass is 35.5. The van der Waals surface area contributed by atoms with Gasteiger partial charge in [-0.05, 0) is 44.2 Å². The Morgan fingerprint density at radius 3 is 2.39 bits per heavy atom. The molecule has 2 amide bonds. The van der Waals surface area contributed by atoms with Crippen molar-refractivity contribution in [3.8, 4) is 11.4 Å². The first-order valence-corrected chi connectivity index (χ1v) is 8.86. The summed E-state index contributed by atoms with van der Waals surface area (Å²) in [5.41, 5.74) is 7.47. The van der Waals surface area contributed by atoms with Gasteiger partial charge in [0.1, 0.15) is 5.75 Å². The lowest BCUT2D eigenvalue weighted by Crippen LogP contribution is -2.42. The Hall–Kier alpha value is -3.32. The summed E-state index contributed by atoms with van der Waals surface area (Å²) in [4.78, 5) is 25.1. The van der Waals surface area contributed by atoms with Crippen LogP contribution in [0.4, 0.5) is 0 Å². The molecule has 0 aliphatic carbocycles.